The standard InChI is InChI=1S/C22H23NO2/c1-15-9-16(2)11-18(10-15)14-25-22(24)21(23)13-17-7-8-19-5-3-4-6-20(19)12-17/h3-12,21H,13-14,23H2,1-2H3. The summed E-state index contributed by atoms with van der Waals surface area (Å²) < 4.78 is 5.40. The van der Waals surface area contributed by atoms with Gasteiger partial charge in [0.05, 0.1) is 0 Å². The molecule has 3 heteroatoms. The second-order valence-electron chi connectivity index (χ2n) is 6.60. The molecule has 0 saturated heterocycles. The predicted octanol–water partition coefficient (Wildman–Crippen LogP) is 4.07. The number of benzene rings is 3. The molecule has 0 aliphatic rings. The maximum absolute atomic E-state index is 12.2. The fraction of sp³-hybridized carbons (Fsp3) is 0.227. The molecule has 0 saturated carbocycles. The number of fused-ring (bicyclic) bond motifs is 1. The van der Waals surface area contributed by atoms with Gasteiger partial charge in [0.1, 0.15) is 12.6 Å². The van der Waals surface area contributed by atoms with Gasteiger partial charge in [-0.2, -0.15) is 0 Å². The Kier molecular flexibility index (Phi) is 5.15. The third-order valence-electron chi connectivity index (χ3n) is 4.23. The normalized spacial score (nSPS) is 12.1. The van der Waals surface area contributed by atoms with Gasteiger partial charge in [-0.25, -0.2) is 0 Å². The summed E-state index contributed by atoms with van der Waals surface area (Å²) in [5, 5.41) is 2.33. The first-order valence-electron chi connectivity index (χ1n) is 8.48. The first-order valence-corrected chi connectivity index (χ1v) is 8.48. The molecule has 0 spiro atoms. The number of ether oxygens (including phenoxy) is 1. The van der Waals surface area contributed by atoms with Crippen molar-refractivity contribution < 1.29 is 9.53 Å². The van der Waals surface area contributed by atoms with Gasteiger partial charge in [-0.05, 0) is 42.2 Å². The molecule has 0 aromatic heterocycles. The van der Waals surface area contributed by atoms with Gasteiger partial charge in [-0.3, -0.25) is 4.79 Å². The Balaban J connectivity index is 1.61. The molecule has 3 aromatic carbocycles. The molecule has 3 nitrogen and oxygen atoms in total. The van der Waals surface area contributed by atoms with Crippen LogP contribution in [0.3, 0.4) is 0 Å². The van der Waals surface area contributed by atoms with E-state index < -0.39 is 6.04 Å². The summed E-state index contributed by atoms with van der Waals surface area (Å²) in [5.74, 6) is -0.368. The second-order valence-corrected chi connectivity index (χ2v) is 6.60. The van der Waals surface area contributed by atoms with Gasteiger partial charge in [-0.15, -0.1) is 0 Å². The third kappa shape index (κ3) is 4.46. The van der Waals surface area contributed by atoms with E-state index in [4.69, 9.17) is 10.5 Å². The highest BCUT2D eigenvalue weighted by atomic mass is 16.5. The monoisotopic (exact) mass is 333 g/mol. The van der Waals surface area contributed by atoms with Gasteiger partial charge in [-0.1, -0.05) is 71.8 Å². The van der Waals surface area contributed by atoms with Crippen LogP contribution in [0.4, 0.5) is 0 Å². The minimum atomic E-state index is -0.660. The highest BCUT2D eigenvalue weighted by Gasteiger charge is 2.16. The molecular weight excluding hydrogens is 310 g/mol. The number of rotatable bonds is 5. The van der Waals surface area contributed by atoms with E-state index in [1.807, 2.05) is 44.2 Å². The lowest BCUT2D eigenvalue weighted by Gasteiger charge is -2.13. The second kappa shape index (κ2) is 7.49. The van der Waals surface area contributed by atoms with Crippen LogP contribution in [0, 0.1) is 13.8 Å². The zero-order valence-electron chi connectivity index (χ0n) is 14.7. The van der Waals surface area contributed by atoms with Crippen LogP contribution in [-0.4, -0.2) is 12.0 Å². The molecular formula is C22H23NO2. The van der Waals surface area contributed by atoms with E-state index in [9.17, 15) is 4.79 Å². The zero-order chi connectivity index (χ0) is 17.8. The summed E-state index contributed by atoms with van der Waals surface area (Å²) in [4.78, 5) is 12.2. The molecule has 0 bridgehead atoms. The largest absolute Gasteiger partial charge is 0.460 e. The lowest BCUT2D eigenvalue weighted by atomic mass is 10.0. The highest BCUT2D eigenvalue weighted by molar-refractivity contribution is 5.83. The van der Waals surface area contributed by atoms with Gasteiger partial charge in [0.2, 0.25) is 0 Å². The number of carbonyl (C=O) groups is 1. The van der Waals surface area contributed by atoms with E-state index in [0.717, 1.165) is 27.6 Å². The Labute approximate surface area is 148 Å². The van der Waals surface area contributed by atoms with Crippen molar-refractivity contribution in [2.75, 3.05) is 0 Å². The van der Waals surface area contributed by atoms with Crippen LogP contribution in [0.15, 0.2) is 60.7 Å². The maximum Gasteiger partial charge on any atom is 0.323 e. The molecule has 0 aliphatic heterocycles. The van der Waals surface area contributed by atoms with E-state index >= 15 is 0 Å². The van der Waals surface area contributed by atoms with Crippen molar-refractivity contribution in [1.82, 2.24) is 0 Å². The highest BCUT2D eigenvalue weighted by Crippen LogP contribution is 2.17. The summed E-state index contributed by atoms with van der Waals surface area (Å²) in [6.07, 6.45) is 0.469. The number of hydrogen-bond donors (Lipinski definition) is 1. The molecule has 3 rings (SSSR count). The Morgan fingerprint density at radius 1 is 0.920 bits per heavy atom. The maximum atomic E-state index is 12.2. The van der Waals surface area contributed by atoms with Crippen molar-refractivity contribution in [3.63, 3.8) is 0 Å². The lowest BCUT2D eigenvalue weighted by Crippen LogP contribution is -2.34. The Hall–Kier alpha value is -2.65. The van der Waals surface area contributed by atoms with Gasteiger partial charge < -0.3 is 10.5 Å². The summed E-state index contributed by atoms with van der Waals surface area (Å²) >= 11 is 0. The minimum Gasteiger partial charge on any atom is -0.460 e. The molecule has 0 heterocycles. The quantitative estimate of drug-likeness (QED) is 0.716. The van der Waals surface area contributed by atoms with Gasteiger partial charge >= 0.3 is 5.97 Å². The Morgan fingerprint density at radius 3 is 2.32 bits per heavy atom. The number of aryl methyl sites for hydroxylation is 2. The molecule has 1 atom stereocenters. The van der Waals surface area contributed by atoms with E-state index in [2.05, 4.69) is 30.3 Å². The summed E-state index contributed by atoms with van der Waals surface area (Å²) in [5.41, 5.74) is 10.4. The van der Waals surface area contributed by atoms with Gasteiger partial charge in [0.25, 0.3) is 0 Å². The van der Waals surface area contributed by atoms with Crippen molar-refractivity contribution in [2.45, 2.75) is 32.9 Å². The van der Waals surface area contributed by atoms with Crippen LogP contribution in [0.25, 0.3) is 10.8 Å². The van der Waals surface area contributed by atoms with Crippen molar-refractivity contribution in [3.05, 3.63) is 82.9 Å². The van der Waals surface area contributed by atoms with Crippen molar-refractivity contribution in [3.8, 4) is 0 Å². The molecule has 0 radical (unpaired) electrons. The van der Waals surface area contributed by atoms with Crippen LogP contribution in [0.5, 0.6) is 0 Å². The molecule has 1 unspecified atom stereocenters. The predicted molar refractivity (Wildman–Crippen MR) is 101 cm³/mol. The topological polar surface area (TPSA) is 52.3 Å². The molecule has 0 fully saturated rings. The molecule has 0 amide bonds. The van der Waals surface area contributed by atoms with Gasteiger partial charge in [0, 0.05) is 0 Å². The van der Waals surface area contributed by atoms with Crippen LogP contribution >= 0.6 is 0 Å². The van der Waals surface area contributed by atoms with Crippen molar-refractivity contribution >= 4 is 16.7 Å². The number of nitrogens with two attached hydrogens (primary N) is 1. The first-order chi connectivity index (χ1) is 12.0. The Morgan fingerprint density at radius 2 is 1.60 bits per heavy atom. The van der Waals surface area contributed by atoms with Crippen LogP contribution in [0.2, 0.25) is 0 Å². The van der Waals surface area contributed by atoms with Crippen LogP contribution < -0.4 is 5.73 Å². The summed E-state index contributed by atoms with van der Waals surface area (Å²) in [6, 6.07) is 19.8. The fourth-order valence-corrected chi connectivity index (χ4v) is 3.12. The molecule has 3 aromatic rings. The SMILES string of the molecule is Cc1cc(C)cc(COC(=O)C(N)Cc2ccc3ccccc3c2)c1. The fourth-order valence-electron chi connectivity index (χ4n) is 3.12. The molecule has 128 valence electrons. The smallest absolute Gasteiger partial charge is 0.323 e. The lowest BCUT2D eigenvalue weighted by molar-refractivity contribution is -0.146. The average Bonchev–Trinajstić information content (AvgIpc) is 2.58. The summed E-state index contributed by atoms with van der Waals surface area (Å²) in [6.45, 7) is 4.32. The van der Waals surface area contributed by atoms with Crippen LogP contribution in [-0.2, 0) is 22.6 Å². The number of hydrogen-bond acceptors (Lipinski definition) is 3. The summed E-state index contributed by atoms with van der Waals surface area (Å²) in [7, 11) is 0. The van der Waals surface area contributed by atoms with Gasteiger partial charge in [0.15, 0.2) is 0 Å². The van der Waals surface area contributed by atoms with E-state index in [1.165, 1.54) is 5.39 Å². The first kappa shape index (κ1) is 17.2. The van der Waals surface area contributed by atoms with Crippen molar-refractivity contribution in [1.29, 1.82) is 0 Å². The minimum absolute atomic E-state index is 0.257. The van der Waals surface area contributed by atoms with E-state index in [0.29, 0.717) is 6.42 Å². The average molecular weight is 333 g/mol. The molecule has 25 heavy (non-hydrogen) atoms. The Bertz CT molecular complexity index is 881. The van der Waals surface area contributed by atoms with Crippen molar-refractivity contribution in [2.24, 2.45) is 5.73 Å². The van der Waals surface area contributed by atoms with E-state index in [-0.39, 0.29) is 12.6 Å². The molecule has 0 aliphatic carbocycles. The molecule has 2 N–H and O–H groups in total. The zero-order valence-corrected chi connectivity index (χ0v) is 14.7. The number of esters is 1. The third-order valence-corrected chi connectivity index (χ3v) is 4.23. The van der Waals surface area contributed by atoms with E-state index in [1.54, 1.807) is 0 Å². The number of carbonyl (C=O) groups excluding carboxylic acids is 1. The van der Waals surface area contributed by atoms with Crippen LogP contribution in [0.1, 0.15) is 22.3 Å².